The van der Waals surface area contributed by atoms with Crippen LogP contribution in [0, 0.1) is 0 Å². The van der Waals surface area contributed by atoms with Gasteiger partial charge in [-0.25, -0.2) is 9.59 Å². The number of carbonyl (C=O) groups is 2. The summed E-state index contributed by atoms with van der Waals surface area (Å²) < 4.78 is 39.7. The third kappa shape index (κ3) is 4.83. The lowest BCUT2D eigenvalue weighted by Gasteiger charge is -2.36. The van der Waals surface area contributed by atoms with Gasteiger partial charge in [-0.1, -0.05) is 6.07 Å². The summed E-state index contributed by atoms with van der Waals surface area (Å²) in [6, 6.07) is 3.32. The van der Waals surface area contributed by atoms with Crippen LogP contribution < -0.4 is 4.74 Å². The average molecular weight is 371 g/mol. The van der Waals surface area contributed by atoms with Crippen LogP contribution in [0.1, 0.15) is 44.9 Å². The molecule has 144 valence electrons. The van der Waals surface area contributed by atoms with E-state index in [0.717, 1.165) is 0 Å². The largest absolute Gasteiger partial charge is 0.464 e. The van der Waals surface area contributed by atoms with Crippen molar-refractivity contribution in [2.45, 2.75) is 52.4 Å². The zero-order valence-corrected chi connectivity index (χ0v) is 15.3. The van der Waals surface area contributed by atoms with Crippen molar-refractivity contribution in [2.75, 3.05) is 13.2 Å². The number of alkyl halides is 2. The Morgan fingerprint density at radius 2 is 2.00 bits per heavy atom. The van der Waals surface area contributed by atoms with E-state index >= 15 is 0 Å². The first-order valence-corrected chi connectivity index (χ1v) is 8.36. The molecule has 2 rings (SSSR count). The summed E-state index contributed by atoms with van der Waals surface area (Å²) in [6.07, 6.45) is -0.251. The summed E-state index contributed by atoms with van der Waals surface area (Å²) in [5.41, 5.74) is 0.453. The molecule has 0 bridgehead atoms. The van der Waals surface area contributed by atoms with Gasteiger partial charge in [-0.2, -0.15) is 8.78 Å². The van der Waals surface area contributed by atoms with Crippen molar-refractivity contribution in [1.82, 2.24) is 4.90 Å². The zero-order chi connectivity index (χ0) is 19.5. The van der Waals surface area contributed by atoms with E-state index in [1.807, 2.05) is 0 Å². The van der Waals surface area contributed by atoms with E-state index < -0.39 is 30.3 Å². The van der Waals surface area contributed by atoms with E-state index in [2.05, 4.69) is 4.74 Å². The molecule has 1 atom stereocenters. The highest BCUT2D eigenvalue weighted by Crippen LogP contribution is 2.34. The van der Waals surface area contributed by atoms with Gasteiger partial charge < -0.3 is 14.2 Å². The molecule has 0 aromatic heterocycles. The summed E-state index contributed by atoms with van der Waals surface area (Å²) in [5, 5.41) is 0. The monoisotopic (exact) mass is 371 g/mol. The zero-order valence-electron chi connectivity index (χ0n) is 15.3. The Kier molecular flexibility index (Phi) is 6.05. The van der Waals surface area contributed by atoms with Crippen LogP contribution in [0.15, 0.2) is 18.2 Å². The number of fused-ring (bicyclic) bond motifs is 1. The van der Waals surface area contributed by atoms with Gasteiger partial charge in [-0.05, 0) is 57.4 Å². The Balaban J connectivity index is 2.36. The lowest BCUT2D eigenvalue weighted by molar-refractivity contribution is -0.150. The highest BCUT2D eigenvalue weighted by molar-refractivity contribution is 5.84. The predicted octanol–water partition coefficient (Wildman–Crippen LogP) is 3.69. The van der Waals surface area contributed by atoms with E-state index in [9.17, 15) is 18.4 Å². The molecule has 0 fully saturated rings. The van der Waals surface area contributed by atoms with Gasteiger partial charge in [-0.15, -0.1) is 0 Å². The summed E-state index contributed by atoms with van der Waals surface area (Å²) in [5.74, 6) is -0.589. The highest BCUT2D eigenvalue weighted by Gasteiger charge is 2.39. The Morgan fingerprint density at radius 3 is 2.58 bits per heavy atom. The van der Waals surface area contributed by atoms with Crippen LogP contribution in [0.25, 0.3) is 0 Å². The maximum absolute atomic E-state index is 12.5. The quantitative estimate of drug-likeness (QED) is 0.756. The molecule has 6 nitrogen and oxygen atoms in total. The minimum atomic E-state index is -2.93. The second kappa shape index (κ2) is 7.88. The Hall–Kier alpha value is -2.38. The van der Waals surface area contributed by atoms with Gasteiger partial charge in [-0.3, -0.25) is 4.90 Å². The first-order valence-electron chi connectivity index (χ1n) is 8.36. The van der Waals surface area contributed by atoms with Gasteiger partial charge >= 0.3 is 18.7 Å². The normalized spacial score (nSPS) is 16.9. The first-order chi connectivity index (χ1) is 12.1. The van der Waals surface area contributed by atoms with Crippen LogP contribution in [-0.4, -0.2) is 42.3 Å². The van der Waals surface area contributed by atoms with Gasteiger partial charge in [0.05, 0.1) is 6.61 Å². The van der Waals surface area contributed by atoms with Gasteiger partial charge in [0.2, 0.25) is 0 Å². The van der Waals surface area contributed by atoms with Crippen molar-refractivity contribution in [1.29, 1.82) is 0 Å². The van der Waals surface area contributed by atoms with Crippen LogP contribution in [0.3, 0.4) is 0 Å². The lowest BCUT2D eigenvalue weighted by atomic mass is 9.92. The van der Waals surface area contributed by atoms with Crippen LogP contribution in [0.5, 0.6) is 5.75 Å². The average Bonchev–Trinajstić information content (AvgIpc) is 2.51. The topological polar surface area (TPSA) is 65.1 Å². The van der Waals surface area contributed by atoms with E-state index in [1.165, 1.54) is 23.1 Å². The molecule has 0 radical (unpaired) electrons. The van der Waals surface area contributed by atoms with Crippen molar-refractivity contribution >= 4 is 12.1 Å². The van der Waals surface area contributed by atoms with Gasteiger partial charge in [0.25, 0.3) is 0 Å². The van der Waals surface area contributed by atoms with Crippen LogP contribution in [0.2, 0.25) is 0 Å². The predicted molar refractivity (Wildman–Crippen MR) is 89.1 cm³/mol. The first kappa shape index (κ1) is 19.9. The van der Waals surface area contributed by atoms with E-state index in [1.54, 1.807) is 27.7 Å². The summed E-state index contributed by atoms with van der Waals surface area (Å²) in [7, 11) is 0. The number of nitrogens with zero attached hydrogens (tertiary/aromatic N) is 1. The van der Waals surface area contributed by atoms with E-state index in [-0.39, 0.29) is 18.9 Å². The second-order valence-corrected chi connectivity index (χ2v) is 6.82. The molecule has 8 heteroatoms. The van der Waals surface area contributed by atoms with Crippen LogP contribution in [-0.2, 0) is 20.7 Å². The van der Waals surface area contributed by atoms with Crippen LogP contribution in [0.4, 0.5) is 13.6 Å². The summed E-state index contributed by atoms with van der Waals surface area (Å²) in [4.78, 5) is 26.3. The van der Waals surface area contributed by atoms with E-state index in [4.69, 9.17) is 9.47 Å². The molecule has 0 aliphatic carbocycles. The fraction of sp³-hybridized carbons (Fsp3) is 0.556. The third-order valence-corrected chi connectivity index (χ3v) is 3.71. The molecule has 1 aromatic rings. The SMILES string of the molecule is CCOC(=O)C1c2ccc(OC(F)F)cc2CCN1C(=O)OC(C)(C)C. The Labute approximate surface area is 151 Å². The molecule has 1 unspecified atom stereocenters. The fourth-order valence-electron chi connectivity index (χ4n) is 2.77. The number of amides is 1. The molecule has 1 heterocycles. The Morgan fingerprint density at radius 1 is 1.31 bits per heavy atom. The number of ether oxygens (including phenoxy) is 3. The molecule has 1 amide bonds. The third-order valence-electron chi connectivity index (χ3n) is 3.71. The maximum Gasteiger partial charge on any atom is 0.411 e. The van der Waals surface area contributed by atoms with Crippen molar-refractivity contribution in [3.05, 3.63) is 29.3 Å². The summed E-state index contributed by atoms with van der Waals surface area (Å²) >= 11 is 0. The number of halogens is 2. The van der Waals surface area contributed by atoms with Crippen molar-refractivity contribution < 1.29 is 32.6 Å². The number of benzene rings is 1. The maximum atomic E-state index is 12.5. The fourth-order valence-corrected chi connectivity index (χ4v) is 2.77. The lowest BCUT2D eigenvalue weighted by Crippen LogP contribution is -2.46. The molecule has 0 N–H and O–H groups in total. The molecular weight excluding hydrogens is 348 g/mol. The molecule has 1 aliphatic heterocycles. The Bertz CT molecular complexity index is 672. The molecule has 0 saturated carbocycles. The standard InChI is InChI=1S/C18H23F2NO5/c1-5-24-15(22)14-13-7-6-12(25-16(19)20)10-11(13)8-9-21(14)17(23)26-18(2,3)4/h6-7,10,14,16H,5,8-9H2,1-4H3. The number of rotatable bonds is 4. The molecule has 26 heavy (non-hydrogen) atoms. The van der Waals surface area contributed by atoms with Crippen molar-refractivity contribution in [3.8, 4) is 5.75 Å². The van der Waals surface area contributed by atoms with Crippen LogP contribution >= 0.6 is 0 Å². The number of hydrogen-bond acceptors (Lipinski definition) is 5. The van der Waals surface area contributed by atoms with Crippen molar-refractivity contribution in [2.24, 2.45) is 0 Å². The van der Waals surface area contributed by atoms with E-state index in [0.29, 0.717) is 17.5 Å². The van der Waals surface area contributed by atoms with Gasteiger partial charge in [0, 0.05) is 6.54 Å². The number of hydrogen-bond donors (Lipinski definition) is 0. The summed E-state index contributed by atoms with van der Waals surface area (Å²) in [6.45, 7) is 4.28. The molecule has 1 aliphatic rings. The molecular formula is C18H23F2NO5. The highest BCUT2D eigenvalue weighted by atomic mass is 19.3. The molecule has 1 aromatic carbocycles. The minimum absolute atomic E-state index is 0.00655. The van der Waals surface area contributed by atoms with Gasteiger partial charge in [0.1, 0.15) is 11.4 Å². The smallest absolute Gasteiger partial charge is 0.411 e. The minimum Gasteiger partial charge on any atom is -0.464 e. The second-order valence-electron chi connectivity index (χ2n) is 6.82. The molecule has 0 spiro atoms. The van der Waals surface area contributed by atoms with Crippen molar-refractivity contribution in [3.63, 3.8) is 0 Å². The molecule has 0 saturated heterocycles. The number of esters is 1. The van der Waals surface area contributed by atoms with Gasteiger partial charge in [0.15, 0.2) is 6.04 Å². The number of carbonyl (C=O) groups excluding carboxylic acids is 2.